The number of aromatic nitrogens is 2. The Labute approximate surface area is 130 Å². The van der Waals surface area contributed by atoms with Crippen molar-refractivity contribution in [1.82, 2.24) is 14.9 Å². The normalized spacial score (nSPS) is 19.4. The molecule has 3 rings (SSSR count). The van der Waals surface area contributed by atoms with E-state index in [0.717, 1.165) is 26.1 Å². The Kier molecular flexibility index (Phi) is 4.68. The number of hydrogen-bond acceptors (Lipinski definition) is 4. The third kappa shape index (κ3) is 4.16. The quantitative estimate of drug-likeness (QED) is 0.941. The van der Waals surface area contributed by atoms with Crippen molar-refractivity contribution < 1.29 is 0 Å². The summed E-state index contributed by atoms with van der Waals surface area (Å²) in [5.74, 6) is 0.658. The van der Waals surface area contributed by atoms with Crippen LogP contribution in [0.15, 0.2) is 42.7 Å². The van der Waals surface area contributed by atoms with Crippen molar-refractivity contribution in [3.8, 4) is 0 Å². The van der Waals surface area contributed by atoms with E-state index in [2.05, 4.69) is 50.5 Å². The molecule has 4 nitrogen and oxygen atoms in total. The minimum absolute atomic E-state index is 0.392. The van der Waals surface area contributed by atoms with Gasteiger partial charge in [-0.15, -0.1) is 0 Å². The van der Waals surface area contributed by atoms with Gasteiger partial charge in [-0.2, -0.15) is 0 Å². The highest BCUT2D eigenvalue weighted by molar-refractivity contribution is 6.30. The maximum absolute atomic E-state index is 5.81. The lowest BCUT2D eigenvalue weighted by atomic mass is 10.0. The minimum atomic E-state index is 0.392. The van der Waals surface area contributed by atoms with E-state index < -0.39 is 0 Å². The van der Waals surface area contributed by atoms with Gasteiger partial charge in [-0.05, 0) is 24.9 Å². The van der Waals surface area contributed by atoms with Crippen LogP contribution in [-0.2, 0) is 6.54 Å². The molecule has 2 aromatic rings. The molecule has 1 aromatic carbocycles. The highest BCUT2D eigenvalue weighted by atomic mass is 35.5. The van der Waals surface area contributed by atoms with Crippen molar-refractivity contribution in [1.29, 1.82) is 0 Å². The Morgan fingerprint density at radius 3 is 2.71 bits per heavy atom. The van der Waals surface area contributed by atoms with E-state index in [4.69, 9.17) is 11.6 Å². The number of likely N-dealkylation sites (tertiary alicyclic amines) is 1. The van der Waals surface area contributed by atoms with Crippen LogP contribution in [0.3, 0.4) is 0 Å². The molecule has 0 aliphatic carbocycles. The highest BCUT2D eigenvalue weighted by Gasteiger charge is 2.20. The van der Waals surface area contributed by atoms with E-state index in [1.807, 2.05) is 0 Å². The van der Waals surface area contributed by atoms with Crippen LogP contribution in [0.5, 0.6) is 0 Å². The monoisotopic (exact) mass is 302 g/mol. The molecule has 1 unspecified atom stereocenters. The molecule has 1 saturated heterocycles. The van der Waals surface area contributed by atoms with Crippen LogP contribution in [0.1, 0.15) is 18.4 Å². The van der Waals surface area contributed by atoms with E-state index >= 15 is 0 Å². The van der Waals surface area contributed by atoms with Crippen LogP contribution >= 0.6 is 11.6 Å². The second-order valence-corrected chi connectivity index (χ2v) is 5.87. The minimum Gasteiger partial charge on any atom is -0.350 e. The Hall–Kier alpha value is -1.65. The SMILES string of the molecule is Clc1cnc(NC2CCCN(Cc3ccccc3)C2)nc1. The lowest BCUT2D eigenvalue weighted by molar-refractivity contribution is 0.208. The van der Waals surface area contributed by atoms with Gasteiger partial charge in [0.2, 0.25) is 5.95 Å². The molecule has 110 valence electrons. The number of benzene rings is 1. The van der Waals surface area contributed by atoms with Crippen molar-refractivity contribution in [2.45, 2.75) is 25.4 Å². The number of rotatable bonds is 4. The van der Waals surface area contributed by atoms with Gasteiger partial charge in [-0.25, -0.2) is 9.97 Å². The van der Waals surface area contributed by atoms with Gasteiger partial charge in [0.15, 0.2) is 0 Å². The first-order valence-electron chi connectivity index (χ1n) is 7.30. The van der Waals surface area contributed by atoms with Gasteiger partial charge in [0.05, 0.1) is 17.4 Å². The lowest BCUT2D eigenvalue weighted by Gasteiger charge is -2.33. The van der Waals surface area contributed by atoms with Crippen LogP contribution in [0.25, 0.3) is 0 Å². The molecule has 0 spiro atoms. The fourth-order valence-electron chi connectivity index (χ4n) is 2.73. The molecule has 1 aromatic heterocycles. The average molecular weight is 303 g/mol. The molecule has 1 atom stereocenters. The molecular formula is C16H19ClN4. The number of hydrogen-bond donors (Lipinski definition) is 1. The molecule has 1 N–H and O–H groups in total. The molecule has 0 bridgehead atoms. The summed E-state index contributed by atoms with van der Waals surface area (Å²) in [5, 5.41) is 3.97. The van der Waals surface area contributed by atoms with Gasteiger partial charge in [-0.1, -0.05) is 41.9 Å². The van der Waals surface area contributed by atoms with E-state index in [1.165, 1.54) is 12.0 Å². The maximum atomic E-state index is 5.81. The van der Waals surface area contributed by atoms with Gasteiger partial charge in [0.25, 0.3) is 0 Å². The van der Waals surface area contributed by atoms with Crippen LogP contribution in [0.2, 0.25) is 5.02 Å². The molecule has 0 radical (unpaired) electrons. The lowest BCUT2D eigenvalue weighted by Crippen LogP contribution is -2.41. The highest BCUT2D eigenvalue weighted by Crippen LogP contribution is 2.16. The molecular weight excluding hydrogens is 284 g/mol. The number of nitrogens with zero attached hydrogens (tertiary/aromatic N) is 3. The molecule has 0 saturated carbocycles. The van der Waals surface area contributed by atoms with Crippen molar-refractivity contribution in [3.63, 3.8) is 0 Å². The van der Waals surface area contributed by atoms with Gasteiger partial charge in [0.1, 0.15) is 0 Å². The molecule has 2 heterocycles. The Bertz CT molecular complexity index is 558. The van der Waals surface area contributed by atoms with Crippen molar-refractivity contribution in [2.75, 3.05) is 18.4 Å². The smallest absolute Gasteiger partial charge is 0.222 e. The predicted molar refractivity (Wildman–Crippen MR) is 85.4 cm³/mol. The van der Waals surface area contributed by atoms with Crippen LogP contribution in [-0.4, -0.2) is 34.0 Å². The Balaban J connectivity index is 1.57. The summed E-state index contributed by atoms with van der Waals surface area (Å²) in [4.78, 5) is 10.9. The molecule has 1 aliphatic heterocycles. The summed E-state index contributed by atoms with van der Waals surface area (Å²) in [7, 11) is 0. The van der Waals surface area contributed by atoms with Crippen LogP contribution < -0.4 is 5.32 Å². The topological polar surface area (TPSA) is 41.1 Å². The van der Waals surface area contributed by atoms with E-state index in [1.54, 1.807) is 12.4 Å². The fraction of sp³-hybridized carbons (Fsp3) is 0.375. The molecule has 1 fully saturated rings. The fourth-order valence-corrected chi connectivity index (χ4v) is 2.83. The maximum Gasteiger partial charge on any atom is 0.222 e. The van der Waals surface area contributed by atoms with Gasteiger partial charge in [-0.3, -0.25) is 4.90 Å². The standard InChI is InChI=1S/C16H19ClN4/c17-14-9-18-16(19-10-14)20-15-7-4-8-21(12-15)11-13-5-2-1-3-6-13/h1-3,5-6,9-10,15H,4,7-8,11-12H2,(H,18,19,20). The number of nitrogens with one attached hydrogen (secondary N) is 1. The predicted octanol–water partition coefficient (Wildman–Crippen LogP) is 3.21. The molecule has 0 amide bonds. The van der Waals surface area contributed by atoms with Gasteiger partial charge >= 0.3 is 0 Å². The Morgan fingerprint density at radius 1 is 1.19 bits per heavy atom. The summed E-state index contributed by atoms with van der Waals surface area (Å²) in [6.45, 7) is 3.16. The van der Waals surface area contributed by atoms with Crippen molar-refractivity contribution in [3.05, 3.63) is 53.3 Å². The first-order valence-corrected chi connectivity index (χ1v) is 7.68. The zero-order valence-electron chi connectivity index (χ0n) is 11.9. The first kappa shape index (κ1) is 14.3. The summed E-state index contributed by atoms with van der Waals surface area (Å²) >= 11 is 5.81. The zero-order chi connectivity index (χ0) is 14.5. The second-order valence-electron chi connectivity index (χ2n) is 5.43. The molecule has 5 heteroatoms. The zero-order valence-corrected chi connectivity index (χ0v) is 12.6. The van der Waals surface area contributed by atoms with Crippen LogP contribution in [0.4, 0.5) is 5.95 Å². The third-order valence-corrected chi connectivity index (χ3v) is 3.90. The van der Waals surface area contributed by atoms with Crippen molar-refractivity contribution in [2.24, 2.45) is 0 Å². The number of piperidine rings is 1. The summed E-state index contributed by atoms with van der Waals surface area (Å²) in [5.41, 5.74) is 1.36. The Morgan fingerprint density at radius 2 is 1.95 bits per heavy atom. The average Bonchev–Trinajstić information content (AvgIpc) is 2.51. The molecule has 21 heavy (non-hydrogen) atoms. The summed E-state index contributed by atoms with van der Waals surface area (Å²) in [6.07, 6.45) is 5.60. The number of anilines is 1. The molecule has 1 aliphatic rings. The first-order chi connectivity index (χ1) is 10.3. The van der Waals surface area contributed by atoms with E-state index in [-0.39, 0.29) is 0 Å². The summed E-state index contributed by atoms with van der Waals surface area (Å²) < 4.78 is 0. The number of halogens is 1. The third-order valence-electron chi connectivity index (χ3n) is 3.71. The van der Waals surface area contributed by atoms with Gasteiger partial charge in [0, 0.05) is 19.1 Å². The van der Waals surface area contributed by atoms with E-state index in [0.29, 0.717) is 17.0 Å². The van der Waals surface area contributed by atoms with Crippen molar-refractivity contribution >= 4 is 17.5 Å². The summed E-state index contributed by atoms with van der Waals surface area (Å²) in [6, 6.07) is 11.0. The van der Waals surface area contributed by atoms with E-state index in [9.17, 15) is 0 Å². The largest absolute Gasteiger partial charge is 0.350 e. The van der Waals surface area contributed by atoms with Gasteiger partial charge < -0.3 is 5.32 Å². The van der Waals surface area contributed by atoms with Crippen LogP contribution in [0, 0.1) is 0 Å². The second kappa shape index (κ2) is 6.87.